The molecule has 1 aliphatic rings. The maximum Gasteiger partial charge on any atom is 0.233 e. The fraction of sp³-hybridized carbons (Fsp3) is 0.333. The average molecular weight is 396 g/mol. The molecule has 4 rings (SSSR count). The molecule has 6 nitrogen and oxygen atoms in total. The van der Waals surface area contributed by atoms with Crippen LogP contribution in [-0.4, -0.2) is 37.5 Å². The summed E-state index contributed by atoms with van der Waals surface area (Å²) in [6, 6.07) is 11.2. The molecule has 2 aromatic heterocycles. The molecule has 1 amide bonds. The van der Waals surface area contributed by atoms with Crippen molar-refractivity contribution in [3.05, 3.63) is 65.2 Å². The zero-order valence-electron chi connectivity index (χ0n) is 15.9. The second kappa shape index (κ2) is 7.36. The Bertz CT molecular complexity index is 968. The molecular formula is C21H22ClN5O. The number of hydrogen-bond acceptors (Lipinski definition) is 4. The first kappa shape index (κ1) is 18.6. The van der Waals surface area contributed by atoms with Gasteiger partial charge in [-0.3, -0.25) is 14.9 Å². The van der Waals surface area contributed by atoms with Crippen molar-refractivity contribution in [2.75, 3.05) is 6.54 Å². The lowest BCUT2D eigenvalue weighted by Crippen LogP contribution is -2.43. The molecule has 1 saturated heterocycles. The topological polar surface area (TPSA) is 74.8 Å². The molecule has 0 spiro atoms. The maximum atomic E-state index is 13.4. The van der Waals surface area contributed by atoms with E-state index in [1.807, 2.05) is 55.1 Å². The molecule has 3 aromatic rings. The van der Waals surface area contributed by atoms with Gasteiger partial charge in [0.1, 0.15) is 5.82 Å². The molecule has 0 unspecified atom stereocenters. The van der Waals surface area contributed by atoms with Gasteiger partial charge in [0.05, 0.1) is 11.5 Å². The van der Waals surface area contributed by atoms with E-state index in [9.17, 15) is 4.79 Å². The Morgan fingerprint density at radius 2 is 2.04 bits per heavy atom. The highest BCUT2D eigenvalue weighted by Crippen LogP contribution is 2.36. The molecule has 0 bridgehead atoms. The van der Waals surface area contributed by atoms with E-state index < -0.39 is 5.41 Å². The quantitative estimate of drug-likeness (QED) is 0.719. The van der Waals surface area contributed by atoms with Crippen molar-refractivity contribution >= 4 is 17.5 Å². The Balaban J connectivity index is 1.59. The maximum absolute atomic E-state index is 13.4. The molecule has 144 valence electrons. The van der Waals surface area contributed by atoms with Crippen molar-refractivity contribution in [2.45, 2.75) is 38.1 Å². The minimum absolute atomic E-state index is 0.0802. The molecular weight excluding hydrogens is 374 g/mol. The second-order valence-corrected chi connectivity index (χ2v) is 8.01. The lowest BCUT2D eigenvalue weighted by Gasteiger charge is -2.32. The Labute approximate surface area is 169 Å². The normalized spacial score (nSPS) is 17.1. The summed E-state index contributed by atoms with van der Waals surface area (Å²) in [6.45, 7) is 4.62. The van der Waals surface area contributed by atoms with E-state index in [1.165, 1.54) is 0 Å². The number of aromatic nitrogens is 4. The number of aromatic amines is 1. The van der Waals surface area contributed by atoms with E-state index in [2.05, 4.69) is 20.2 Å². The van der Waals surface area contributed by atoms with Crippen LogP contribution in [0.2, 0.25) is 5.02 Å². The smallest absolute Gasteiger partial charge is 0.233 e. The molecule has 0 saturated carbocycles. The molecule has 0 radical (unpaired) electrons. The second-order valence-electron chi connectivity index (χ2n) is 7.57. The number of carbonyl (C=O) groups is 1. The minimum atomic E-state index is -0.653. The highest BCUT2D eigenvalue weighted by molar-refractivity contribution is 6.30. The molecule has 28 heavy (non-hydrogen) atoms. The molecule has 1 atom stereocenters. The SMILES string of the molecule is CC(C)(C(=O)N1CCC[C@H]1c1nc(-c2cccnc2)n[nH]1)c1ccc(Cl)cc1. The third kappa shape index (κ3) is 3.40. The first-order valence-corrected chi connectivity index (χ1v) is 9.74. The van der Waals surface area contributed by atoms with Crippen LogP contribution in [0, 0.1) is 0 Å². The molecule has 3 heterocycles. The summed E-state index contributed by atoms with van der Waals surface area (Å²) in [6.07, 6.45) is 5.25. The number of halogens is 1. The van der Waals surface area contributed by atoms with Crippen LogP contribution >= 0.6 is 11.6 Å². The van der Waals surface area contributed by atoms with Gasteiger partial charge >= 0.3 is 0 Å². The van der Waals surface area contributed by atoms with E-state index >= 15 is 0 Å². The minimum Gasteiger partial charge on any atom is -0.332 e. The van der Waals surface area contributed by atoms with Gasteiger partial charge in [-0.25, -0.2) is 4.98 Å². The Morgan fingerprint density at radius 1 is 1.25 bits per heavy atom. The zero-order valence-corrected chi connectivity index (χ0v) is 16.6. The van der Waals surface area contributed by atoms with E-state index in [0.29, 0.717) is 17.4 Å². The van der Waals surface area contributed by atoms with Gasteiger partial charge in [-0.05, 0) is 56.5 Å². The van der Waals surface area contributed by atoms with Crippen LogP contribution in [0.3, 0.4) is 0 Å². The van der Waals surface area contributed by atoms with Gasteiger partial charge in [0.15, 0.2) is 5.82 Å². The van der Waals surface area contributed by atoms with Gasteiger partial charge in [-0.15, -0.1) is 0 Å². The van der Waals surface area contributed by atoms with Gasteiger partial charge < -0.3 is 4.90 Å². The van der Waals surface area contributed by atoms with Crippen molar-refractivity contribution in [3.63, 3.8) is 0 Å². The van der Waals surface area contributed by atoms with Gasteiger partial charge in [0, 0.05) is 29.5 Å². The van der Waals surface area contributed by atoms with Gasteiger partial charge in [-0.1, -0.05) is 23.7 Å². The van der Waals surface area contributed by atoms with Crippen molar-refractivity contribution < 1.29 is 4.79 Å². The summed E-state index contributed by atoms with van der Waals surface area (Å²) in [5.74, 6) is 1.40. The zero-order chi connectivity index (χ0) is 19.7. The van der Waals surface area contributed by atoms with Crippen LogP contribution in [0.4, 0.5) is 0 Å². The summed E-state index contributed by atoms with van der Waals surface area (Å²) in [5.41, 5.74) is 1.14. The van der Waals surface area contributed by atoms with Crippen LogP contribution in [-0.2, 0) is 10.2 Å². The lowest BCUT2D eigenvalue weighted by molar-refractivity contribution is -0.137. The number of nitrogens with one attached hydrogen (secondary N) is 1. The van der Waals surface area contributed by atoms with Crippen LogP contribution in [0.5, 0.6) is 0 Å². The Kier molecular flexibility index (Phi) is 4.89. The van der Waals surface area contributed by atoms with Crippen LogP contribution in [0.25, 0.3) is 11.4 Å². The summed E-state index contributed by atoms with van der Waals surface area (Å²) in [7, 11) is 0. The van der Waals surface area contributed by atoms with Gasteiger partial charge in [0.2, 0.25) is 5.91 Å². The highest BCUT2D eigenvalue weighted by Gasteiger charge is 2.40. The Hall–Kier alpha value is -2.73. The number of rotatable bonds is 4. The Morgan fingerprint density at radius 3 is 2.75 bits per heavy atom. The lowest BCUT2D eigenvalue weighted by atomic mass is 9.83. The van der Waals surface area contributed by atoms with Gasteiger partial charge in [-0.2, -0.15) is 5.10 Å². The number of carbonyl (C=O) groups excluding carboxylic acids is 1. The summed E-state index contributed by atoms with van der Waals surface area (Å²) < 4.78 is 0. The number of hydrogen-bond donors (Lipinski definition) is 1. The number of likely N-dealkylation sites (tertiary alicyclic amines) is 1. The molecule has 1 fully saturated rings. The first-order valence-electron chi connectivity index (χ1n) is 9.36. The largest absolute Gasteiger partial charge is 0.332 e. The van der Waals surface area contributed by atoms with Crippen molar-refractivity contribution in [2.24, 2.45) is 0 Å². The van der Waals surface area contributed by atoms with Crippen LogP contribution in [0.15, 0.2) is 48.8 Å². The van der Waals surface area contributed by atoms with Crippen molar-refractivity contribution in [1.82, 2.24) is 25.1 Å². The molecule has 7 heteroatoms. The number of amides is 1. The van der Waals surface area contributed by atoms with Crippen molar-refractivity contribution in [1.29, 1.82) is 0 Å². The number of benzene rings is 1. The monoisotopic (exact) mass is 395 g/mol. The number of nitrogens with zero attached hydrogens (tertiary/aromatic N) is 4. The third-order valence-electron chi connectivity index (χ3n) is 5.35. The van der Waals surface area contributed by atoms with Crippen LogP contribution < -0.4 is 0 Å². The fourth-order valence-corrected chi connectivity index (χ4v) is 3.82. The van der Waals surface area contributed by atoms with E-state index in [4.69, 9.17) is 11.6 Å². The first-order chi connectivity index (χ1) is 13.5. The number of pyridine rings is 1. The predicted octanol–water partition coefficient (Wildman–Crippen LogP) is 4.16. The van der Waals surface area contributed by atoms with Gasteiger partial charge in [0.25, 0.3) is 0 Å². The summed E-state index contributed by atoms with van der Waals surface area (Å²) >= 11 is 6.01. The number of H-pyrrole nitrogens is 1. The summed E-state index contributed by atoms with van der Waals surface area (Å²) in [4.78, 5) is 24.1. The fourth-order valence-electron chi connectivity index (χ4n) is 3.69. The third-order valence-corrected chi connectivity index (χ3v) is 5.60. The van der Waals surface area contributed by atoms with Crippen molar-refractivity contribution in [3.8, 4) is 11.4 Å². The molecule has 1 N–H and O–H groups in total. The predicted molar refractivity (Wildman–Crippen MR) is 108 cm³/mol. The van der Waals surface area contributed by atoms with Crippen LogP contribution in [0.1, 0.15) is 44.1 Å². The summed E-state index contributed by atoms with van der Waals surface area (Å²) in [5, 5.41) is 8.02. The highest BCUT2D eigenvalue weighted by atomic mass is 35.5. The van der Waals surface area contributed by atoms with E-state index in [1.54, 1.807) is 12.4 Å². The average Bonchev–Trinajstić information content (AvgIpc) is 3.38. The molecule has 0 aliphatic carbocycles. The molecule has 1 aliphatic heterocycles. The van der Waals surface area contributed by atoms with E-state index in [0.717, 1.165) is 29.8 Å². The van der Waals surface area contributed by atoms with E-state index in [-0.39, 0.29) is 11.9 Å². The molecule has 1 aromatic carbocycles. The standard InChI is InChI=1S/C21H22ClN5O/c1-21(2,15-7-9-16(22)10-8-15)20(28)27-12-4-6-17(27)19-24-18(25-26-19)14-5-3-11-23-13-14/h3,5,7-11,13,17H,4,6,12H2,1-2H3,(H,24,25,26)/t17-/m0/s1.